The normalized spacial score (nSPS) is 10.6. The highest BCUT2D eigenvalue weighted by Crippen LogP contribution is 2.25. The van der Waals surface area contributed by atoms with Crippen molar-refractivity contribution in [1.29, 1.82) is 0 Å². The Morgan fingerprint density at radius 2 is 1.81 bits per heavy atom. The molecule has 2 aromatic heterocycles. The van der Waals surface area contributed by atoms with Gasteiger partial charge in [0.15, 0.2) is 11.7 Å². The van der Waals surface area contributed by atoms with Gasteiger partial charge < -0.3 is 14.5 Å². The number of nitrogens with zero attached hydrogens (tertiary/aromatic N) is 3. The maximum Gasteiger partial charge on any atom is 0.321 e. The number of amides is 1. The molecule has 4 rings (SSSR count). The molecule has 2 heterocycles. The number of carbonyl (C=O) groups excluding carboxylic acids is 1. The molecule has 9 heteroatoms. The zero-order valence-electron chi connectivity index (χ0n) is 16.1. The molecule has 0 fully saturated rings. The van der Waals surface area contributed by atoms with Gasteiger partial charge in [0.05, 0.1) is 11.8 Å². The molecule has 0 bridgehead atoms. The fourth-order valence-corrected chi connectivity index (χ4v) is 2.73. The number of rotatable bonds is 7. The second-order valence-electron chi connectivity index (χ2n) is 6.45. The summed E-state index contributed by atoms with van der Waals surface area (Å²) in [6.45, 7) is 0. The number of ether oxygens (including phenoxy) is 1. The molecule has 1 N–H and O–H groups in total. The third-order valence-electron chi connectivity index (χ3n) is 4.21. The van der Waals surface area contributed by atoms with Crippen molar-refractivity contribution in [3.63, 3.8) is 0 Å². The van der Waals surface area contributed by atoms with Crippen molar-refractivity contribution in [2.75, 3.05) is 5.32 Å². The Kier molecular flexibility index (Phi) is 5.93. The van der Waals surface area contributed by atoms with Crippen LogP contribution in [0.5, 0.6) is 11.8 Å². The van der Waals surface area contributed by atoms with E-state index in [0.717, 1.165) is 12.1 Å². The summed E-state index contributed by atoms with van der Waals surface area (Å²) in [5.74, 6) is -0.680. The molecule has 4 aromatic rings. The molecule has 0 radical (unpaired) electrons. The Morgan fingerprint density at radius 3 is 2.55 bits per heavy atom. The van der Waals surface area contributed by atoms with Crippen LogP contribution < -0.4 is 10.1 Å². The molecule has 156 valence electrons. The van der Waals surface area contributed by atoms with E-state index in [-0.39, 0.29) is 42.0 Å². The SMILES string of the molecule is O=C(CCc1ncc(-c2ccc(F)cc2F)o1)Nc1ccc(Oc2ncccn2)cc1. The number of benzene rings is 2. The summed E-state index contributed by atoms with van der Waals surface area (Å²) < 4.78 is 37.9. The van der Waals surface area contributed by atoms with E-state index in [1.807, 2.05) is 0 Å². The van der Waals surface area contributed by atoms with Crippen LogP contribution >= 0.6 is 0 Å². The van der Waals surface area contributed by atoms with Crippen molar-refractivity contribution < 1.29 is 22.7 Å². The van der Waals surface area contributed by atoms with Gasteiger partial charge in [-0.1, -0.05) is 0 Å². The molecule has 0 spiro atoms. The Balaban J connectivity index is 1.30. The molecule has 2 aromatic carbocycles. The zero-order chi connectivity index (χ0) is 21.6. The molecular weight excluding hydrogens is 406 g/mol. The summed E-state index contributed by atoms with van der Waals surface area (Å²) in [5, 5.41) is 2.76. The molecule has 0 aliphatic rings. The van der Waals surface area contributed by atoms with Crippen LogP contribution in [0.25, 0.3) is 11.3 Å². The van der Waals surface area contributed by atoms with E-state index in [9.17, 15) is 13.6 Å². The molecule has 0 aliphatic carbocycles. The van der Waals surface area contributed by atoms with Crippen LogP contribution in [0.1, 0.15) is 12.3 Å². The molecule has 0 unspecified atom stereocenters. The Morgan fingerprint density at radius 1 is 1.03 bits per heavy atom. The highest BCUT2D eigenvalue weighted by molar-refractivity contribution is 5.90. The fraction of sp³-hybridized carbons (Fsp3) is 0.0909. The standard InChI is InChI=1S/C22H16F2N4O3/c23-14-2-7-17(18(24)12-14)19-13-27-21(31-19)9-8-20(29)28-15-3-5-16(6-4-15)30-22-25-10-1-11-26-22/h1-7,10-13H,8-9H2,(H,28,29). The number of halogens is 2. The van der Waals surface area contributed by atoms with Gasteiger partial charge in [-0.3, -0.25) is 4.79 Å². The van der Waals surface area contributed by atoms with E-state index >= 15 is 0 Å². The van der Waals surface area contributed by atoms with Gasteiger partial charge in [-0.15, -0.1) is 0 Å². The summed E-state index contributed by atoms with van der Waals surface area (Å²) in [6.07, 6.45) is 4.83. The first kappa shape index (κ1) is 20.1. The lowest BCUT2D eigenvalue weighted by Gasteiger charge is -2.06. The minimum Gasteiger partial charge on any atom is -0.441 e. The lowest BCUT2D eigenvalue weighted by Crippen LogP contribution is -2.12. The van der Waals surface area contributed by atoms with Crippen LogP contribution in [-0.4, -0.2) is 20.9 Å². The molecule has 0 saturated heterocycles. The highest BCUT2D eigenvalue weighted by Gasteiger charge is 2.13. The monoisotopic (exact) mass is 422 g/mol. The van der Waals surface area contributed by atoms with Crippen LogP contribution in [0.15, 0.2) is 71.5 Å². The minimum atomic E-state index is -0.744. The summed E-state index contributed by atoms with van der Waals surface area (Å²) in [4.78, 5) is 24.2. The van der Waals surface area contributed by atoms with Gasteiger partial charge in [-0.25, -0.2) is 23.7 Å². The zero-order valence-corrected chi connectivity index (χ0v) is 16.1. The van der Waals surface area contributed by atoms with E-state index < -0.39 is 11.6 Å². The van der Waals surface area contributed by atoms with Crippen molar-refractivity contribution in [2.45, 2.75) is 12.8 Å². The molecule has 1 amide bonds. The second kappa shape index (κ2) is 9.12. The van der Waals surface area contributed by atoms with Crippen molar-refractivity contribution in [3.05, 3.63) is 84.6 Å². The Hall–Kier alpha value is -4.14. The van der Waals surface area contributed by atoms with Crippen LogP contribution in [0.3, 0.4) is 0 Å². The first-order valence-corrected chi connectivity index (χ1v) is 9.32. The first-order valence-electron chi connectivity index (χ1n) is 9.32. The first-order chi connectivity index (χ1) is 15.1. The average molecular weight is 422 g/mol. The van der Waals surface area contributed by atoms with E-state index in [4.69, 9.17) is 9.15 Å². The van der Waals surface area contributed by atoms with E-state index in [1.54, 1.807) is 42.7 Å². The van der Waals surface area contributed by atoms with Gasteiger partial charge in [0.1, 0.15) is 17.4 Å². The number of aromatic nitrogens is 3. The van der Waals surface area contributed by atoms with Crippen molar-refractivity contribution >= 4 is 11.6 Å². The van der Waals surface area contributed by atoms with E-state index in [0.29, 0.717) is 11.4 Å². The molecule has 0 saturated carbocycles. The molecular formula is C22H16F2N4O3. The molecule has 0 atom stereocenters. The number of nitrogens with one attached hydrogen (secondary N) is 1. The maximum atomic E-state index is 13.8. The number of aryl methyl sites for hydroxylation is 1. The number of anilines is 1. The smallest absolute Gasteiger partial charge is 0.321 e. The maximum absolute atomic E-state index is 13.8. The summed E-state index contributed by atoms with van der Waals surface area (Å²) >= 11 is 0. The third kappa shape index (κ3) is 5.27. The van der Waals surface area contributed by atoms with Gasteiger partial charge in [-0.05, 0) is 42.5 Å². The highest BCUT2D eigenvalue weighted by atomic mass is 19.1. The third-order valence-corrected chi connectivity index (χ3v) is 4.21. The summed E-state index contributed by atoms with van der Waals surface area (Å²) in [5.41, 5.74) is 0.695. The predicted octanol–water partition coefficient (Wildman–Crippen LogP) is 4.77. The van der Waals surface area contributed by atoms with Crippen LogP contribution in [0.2, 0.25) is 0 Å². The van der Waals surface area contributed by atoms with Crippen molar-refractivity contribution in [2.24, 2.45) is 0 Å². The van der Waals surface area contributed by atoms with Gasteiger partial charge in [-0.2, -0.15) is 0 Å². The average Bonchev–Trinajstić information content (AvgIpc) is 3.23. The molecule has 0 aliphatic heterocycles. The van der Waals surface area contributed by atoms with Gasteiger partial charge in [0.2, 0.25) is 5.91 Å². The van der Waals surface area contributed by atoms with E-state index in [1.165, 1.54) is 12.3 Å². The predicted molar refractivity (Wildman–Crippen MR) is 107 cm³/mol. The minimum absolute atomic E-state index is 0.104. The fourth-order valence-electron chi connectivity index (χ4n) is 2.73. The number of hydrogen-bond donors (Lipinski definition) is 1. The van der Waals surface area contributed by atoms with Gasteiger partial charge in [0, 0.05) is 37.0 Å². The summed E-state index contributed by atoms with van der Waals surface area (Å²) in [7, 11) is 0. The van der Waals surface area contributed by atoms with E-state index in [2.05, 4.69) is 20.3 Å². The van der Waals surface area contributed by atoms with Crippen LogP contribution in [-0.2, 0) is 11.2 Å². The van der Waals surface area contributed by atoms with Crippen LogP contribution in [0, 0.1) is 11.6 Å². The Labute approximate surface area is 175 Å². The van der Waals surface area contributed by atoms with Crippen LogP contribution in [0.4, 0.5) is 14.5 Å². The topological polar surface area (TPSA) is 90.1 Å². The number of hydrogen-bond acceptors (Lipinski definition) is 6. The lowest BCUT2D eigenvalue weighted by atomic mass is 10.2. The Bertz CT molecular complexity index is 1180. The second-order valence-corrected chi connectivity index (χ2v) is 6.45. The van der Waals surface area contributed by atoms with Gasteiger partial charge in [0.25, 0.3) is 0 Å². The quantitative estimate of drug-likeness (QED) is 0.461. The number of carbonyl (C=O) groups is 1. The van der Waals surface area contributed by atoms with Gasteiger partial charge >= 0.3 is 6.01 Å². The largest absolute Gasteiger partial charge is 0.441 e. The van der Waals surface area contributed by atoms with Crippen molar-refractivity contribution in [3.8, 4) is 23.1 Å². The van der Waals surface area contributed by atoms with Crippen molar-refractivity contribution in [1.82, 2.24) is 15.0 Å². The summed E-state index contributed by atoms with van der Waals surface area (Å²) in [6, 6.07) is 11.8. The lowest BCUT2D eigenvalue weighted by molar-refractivity contribution is -0.116. The molecule has 7 nitrogen and oxygen atoms in total. The molecule has 31 heavy (non-hydrogen) atoms. The number of oxazole rings is 1.